The number of hydrogen-bond donors (Lipinski definition) is 2. The molecular formula is C24H27FN6OS. The first-order chi connectivity index (χ1) is 16.0. The van der Waals surface area contributed by atoms with Gasteiger partial charge in [0.1, 0.15) is 16.6 Å². The van der Waals surface area contributed by atoms with E-state index in [1.54, 1.807) is 34.5 Å². The van der Waals surface area contributed by atoms with Crippen LogP contribution in [0.5, 0.6) is 0 Å². The number of thiazole rings is 1. The molecule has 1 aliphatic rings. The summed E-state index contributed by atoms with van der Waals surface area (Å²) in [5.74, 6) is 0.219. The fourth-order valence-corrected chi connectivity index (χ4v) is 5.79. The zero-order valence-electron chi connectivity index (χ0n) is 19.0. The van der Waals surface area contributed by atoms with Gasteiger partial charge in [0.15, 0.2) is 0 Å². The number of aryl methyl sites for hydroxylation is 1. The molecule has 0 amide bonds. The lowest BCUT2D eigenvalue weighted by Gasteiger charge is -2.21. The molecule has 3 aromatic heterocycles. The minimum atomic E-state index is -0.382. The van der Waals surface area contributed by atoms with Gasteiger partial charge in [-0.2, -0.15) is 5.10 Å². The number of ether oxygens (including phenoxy) is 1. The molecule has 1 aromatic carbocycles. The Morgan fingerprint density at radius 2 is 2.00 bits per heavy atom. The normalized spacial score (nSPS) is 14.9. The Kier molecular flexibility index (Phi) is 5.86. The molecule has 1 fully saturated rings. The third-order valence-corrected chi connectivity index (χ3v) is 7.73. The van der Waals surface area contributed by atoms with E-state index >= 15 is 4.39 Å². The molecule has 4 aromatic rings. The summed E-state index contributed by atoms with van der Waals surface area (Å²) in [6.07, 6.45) is 5.36. The molecule has 0 saturated carbocycles. The largest absolute Gasteiger partial charge is 0.383 e. The predicted molar refractivity (Wildman–Crippen MR) is 130 cm³/mol. The molecular weight excluding hydrogens is 439 g/mol. The number of nitrogen functional groups attached to an aromatic ring is 1. The summed E-state index contributed by atoms with van der Waals surface area (Å²) >= 11 is 1.67. The lowest BCUT2D eigenvalue weighted by Crippen LogP contribution is -2.16. The number of rotatable bonds is 5. The predicted octanol–water partition coefficient (Wildman–Crippen LogP) is 4.40. The van der Waals surface area contributed by atoms with Crippen molar-refractivity contribution in [2.45, 2.75) is 32.2 Å². The van der Waals surface area contributed by atoms with Gasteiger partial charge in [0.25, 0.3) is 0 Å². The van der Waals surface area contributed by atoms with Gasteiger partial charge in [-0.15, -0.1) is 11.3 Å². The lowest BCUT2D eigenvalue weighted by atomic mass is 9.97. The molecule has 0 aliphatic carbocycles. The van der Waals surface area contributed by atoms with Gasteiger partial charge in [0.2, 0.25) is 0 Å². The van der Waals surface area contributed by atoms with Crippen molar-refractivity contribution in [3.05, 3.63) is 46.6 Å². The molecule has 172 valence electrons. The highest BCUT2D eigenvalue weighted by atomic mass is 32.1. The number of anilines is 1. The van der Waals surface area contributed by atoms with Crippen molar-refractivity contribution in [2.75, 3.05) is 26.0 Å². The second-order valence-corrected chi connectivity index (χ2v) is 9.45. The molecule has 7 nitrogen and oxygen atoms in total. The zero-order valence-corrected chi connectivity index (χ0v) is 19.8. The van der Waals surface area contributed by atoms with Crippen LogP contribution in [0.4, 0.5) is 10.2 Å². The van der Waals surface area contributed by atoms with Crippen LogP contribution in [0.2, 0.25) is 0 Å². The van der Waals surface area contributed by atoms with Crippen LogP contribution in [0.15, 0.2) is 24.5 Å². The monoisotopic (exact) mass is 466 g/mol. The van der Waals surface area contributed by atoms with Crippen molar-refractivity contribution < 1.29 is 9.13 Å². The Balaban J connectivity index is 1.66. The molecule has 4 heterocycles. The average Bonchev–Trinajstić information content (AvgIpc) is 3.38. The van der Waals surface area contributed by atoms with E-state index in [-0.39, 0.29) is 11.6 Å². The minimum absolute atomic E-state index is 0.173. The third kappa shape index (κ3) is 3.80. The Hall–Kier alpha value is -2.88. The highest BCUT2D eigenvalue weighted by Crippen LogP contribution is 2.41. The van der Waals surface area contributed by atoms with Crippen molar-refractivity contribution in [2.24, 2.45) is 7.05 Å². The molecule has 0 spiro atoms. The maximum Gasteiger partial charge on any atom is 0.142 e. The second kappa shape index (κ2) is 8.81. The van der Waals surface area contributed by atoms with Crippen molar-refractivity contribution in [3.63, 3.8) is 0 Å². The lowest BCUT2D eigenvalue weighted by molar-refractivity contribution is 0.0858. The van der Waals surface area contributed by atoms with E-state index in [1.165, 1.54) is 4.88 Å². The highest BCUT2D eigenvalue weighted by Gasteiger charge is 2.25. The first kappa shape index (κ1) is 21.9. The number of halogens is 1. The molecule has 1 saturated heterocycles. The van der Waals surface area contributed by atoms with E-state index in [0.717, 1.165) is 53.6 Å². The van der Waals surface area contributed by atoms with E-state index < -0.39 is 0 Å². The number of fused-ring (bicyclic) bond motifs is 1. The van der Waals surface area contributed by atoms with Gasteiger partial charge in [-0.25, -0.2) is 14.4 Å². The van der Waals surface area contributed by atoms with Gasteiger partial charge in [0, 0.05) is 65.7 Å². The summed E-state index contributed by atoms with van der Waals surface area (Å²) in [4.78, 5) is 10.6. The number of benzene rings is 1. The van der Waals surface area contributed by atoms with Crippen LogP contribution in [0, 0.1) is 12.7 Å². The van der Waals surface area contributed by atoms with Crippen LogP contribution in [-0.2, 0) is 18.3 Å². The van der Waals surface area contributed by atoms with Crippen molar-refractivity contribution in [1.29, 1.82) is 0 Å². The van der Waals surface area contributed by atoms with Gasteiger partial charge in [0.05, 0.1) is 17.3 Å². The van der Waals surface area contributed by atoms with Crippen molar-refractivity contribution in [3.8, 4) is 21.7 Å². The fraction of sp³-hybridized carbons (Fsp3) is 0.375. The number of nitrogens with one attached hydrogen (secondary N) is 1. The van der Waals surface area contributed by atoms with Crippen LogP contribution < -0.4 is 11.1 Å². The van der Waals surface area contributed by atoms with Crippen molar-refractivity contribution >= 4 is 27.9 Å². The van der Waals surface area contributed by atoms with Crippen LogP contribution in [0.3, 0.4) is 0 Å². The van der Waals surface area contributed by atoms with E-state index in [2.05, 4.69) is 15.4 Å². The van der Waals surface area contributed by atoms with E-state index in [0.29, 0.717) is 28.8 Å². The van der Waals surface area contributed by atoms with Gasteiger partial charge in [-0.05, 0) is 32.7 Å². The van der Waals surface area contributed by atoms with Gasteiger partial charge in [-0.1, -0.05) is 12.1 Å². The molecule has 33 heavy (non-hydrogen) atoms. The first-order valence-electron chi connectivity index (χ1n) is 11.1. The summed E-state index contributed by atoms with van der Waals surface area (Å²) in [6, 6.07) is 3.72. The maximum absolute atomic E-state index is 15.8. The summed E-state index contributed by atoms with van der Waals surface area (Å²) in [5, 5.41) is 9.36. The van der Waals surface area contributed by atoms with Gasteiger partial charge < -0.3 is 15.8 Å². The molecule has 9 heteroatoms. The number of aromatic nitrogens is 4. The molecule has 0 radical (unpaired) electrons. The first-order valence-corrected chi connectivity index (χ1v) is 11.9. The Bertz CT molecular complexity index is 1320. The quantitative estimate of drug-likeness (QED) is 0.453. The Labute approximate surface area is 195 Å². The smallest absolute Gasteiger partial charge is 0.142 e. The molecule has 3 N–H and O–H groups in total. The average molecular weight is 467 g/mol. The van der Waals surface area contributed by atoms with Crippen LogP contribution in [0.1, 0.15) is 35.0 Å². The van der Waals surface area contributed by atoms with Crippen molar-refractivity contribution in [1.82, 2.24) is 25.1 Å². The SMILES string of the molecule is CNCc1nc(-c2cnc(N)c3c(F)c(-c4cnn(C)c4C)ccc23)sc1C1CCOCC1. The van der Waals surface area contributed by atoms with E-state index in [9.17, 15) is 0 Å². The number of nitrogens with zero attached hydrogens (tertiary/aromatic N) is 4. The maximum atomic E-state index is 15.8. The van der Waals surface area contributed by atoms with E-state index in [4.69, 9.17) is 15.5 Å². The van der Waals surface area contributed by atoms with Crippen LogP contribution in [-0.4, -0.2) is 40.0 Å². The number of hydrogen-bond acceptors (Lipinski definition) is 7. The minimum Gasteiger partial charge on any atom is -0.383 e. The molecule has 0 unspecified atom stereocenters. The second-order valence-electron chi connectivity index (χ2n) is 8.42. The summed E-state index contributed by atoms with van der Waals surface area (Å²) in [6.45, 7) is 4.14. The molecule has 5 rings (SSSR count). The third-order valence-electron chi connectivity index (χ3n) is 6.44. The summed E-state index contributed by atoms with van der Waals surface area (Å²) in [7, 11) is 3.76. The van der Waals surface area contributed by atoms with E-state index in [1.807, 2.05) is 27.1 Å². The molecule has 1 aliphatic heterocycles. The molecule has 0 bridgehead atoms. The zero-order chi connectivity index (χ0) is 23.1. The number of nitrogens with two attached hydrogens (primary N) is 1. The summed E-state index contributed by atoms with van der Waals surface area (Å²) in [5.41, 5.74) is 10.1. The molecule has 0 atom stereocenters. The summed E-state index contributed by atoms with van der Waals surface area (Å²) < 4.78 is 23.1. The topological polar surface area (TPSA) is 90.9 Å². The highest BCUT2D eigenvalue weighted by molar-refractivity contribution is 7.15. The Morgan fingerprint density at radius 3 is 2.70 bits per heavy atom. The van der Waals surface area contributed by atoms with Crippen LogP contribution in [0.25, 0.3) is 32.5 Å². The van der Waals surface area contributed by atoms with Gasteiger partial charge >= 0.3 is 0 Å². The Morgan fingerprint density at radius 1 is 1.21 bits per heavy atom. The number of pyridine rings is 1. The fourth-order valence-electron chi connectivity index (χ4n) is 4.51. The standard InChI is InChI=1S/C24H27FN6OS/c1-13-17(11-29-31(13)3)16-5-4-15-18(10-28-23(26)20(15)21(16)25)24-30-19(12-27-2)22(33-24)14-6-8-32-9-7-14/h4-5,10-11,14,27H,6-9,12H2,1-3H3,(H2,26,28). The van der Waals surface area contributed by atoms with Crippen LogP contribution >= 0.6 is 11.3 Å². The van der Waals surface area contributed by atoms with Gasteiger partial charge in [-0.3, -0.25) is 4.68 Å².